The van der Waals surface area contributed by atoms with E-state index in [2.05, 4.69) is 5.32 Å². The van der Waals surface area contributed by atoms with Crippen molar-refractivity contribution < 1.29 is 33.4 Å². The number of ether oxygens (including phenoxy) is 2. The third kappa shape index (κ3) is 7.16. The summed E-state index contributed by atoms with van der Waals surface area (Å²) in [7, 11) is 0. The maximum atomic E-state index is 14.2. The minimum absolute atomic E-state index is 0.0609. The molecule has 0 atom stereocenters. The van der Waals surface area contributed by atoms with Crippen molar-refractivity contribution in [2.24, 2.45) is 0 Å². The first kappa shape index (κ1) is 28.6. The minimum atomic E-state index is -0.995. The lowest BCUT2D eigenvalue weighted by molar-refractivity contribution is -0.137. The van der Waals surface area contributed by atoms with Crippen LogP contribution in [0, 0.1) is 5.82 Å². The summed E-state index contributed by atoms with van der Waals surface area (Å²) in [4.78, 5) is 38.2. The zero-order valence-electron chi connectivity index (χ0n) is 22.8. The molecule has 0 heterocycles. The zero-order valence-corrected chi connectivity index (χ0v) is 22.8. The Bertz CT molecular complexity index is 1360. The third-order valence-electron chi connectivity index (χ3n) is 6.48. The highest BCUT2D eigenvalue weighted by atomic mass is 19.1. The molecular weight excluding hydrogens is 515 g/mol. The molecule has 3 aromatic carbocycles. The molecule has 210 valence electrons. The number of amides is 2. The van der Waals surface area contributed by atoms with Gasteiger partial charge in [-0.3, -0.25) is 10.1 Å². The third-order valence-corrected chi connectivity index (χ3v) is 6.48. The van der Waals surface area contributed by atoms with Gasteiger partial charge in [0.1, 0.15) is 18.0 Å². The molecule has 0 fully saturated rings. The number of carboxylic acid groups (broad SMARTS) is 1. The molecule has 1 aliphatic carbocycles. The molecule has 40 heavy (non-hydrogen) atoms. The Balaban J connectivity index is 1.53. The lowest BCUT2D eigenvalue weighted by Crippen LogP contribution is -2.34. The van der Waals surface area contributed by atoms with Gasteiger partial charge in [-0.1, -0.05) is 48.5 Å². The van der Waals surface area contributed by atoms with E-state index in [4.69, 9.17) is 14.6 Å². The second-order valence-corrected chi connectivity index (χ2v) is 10.7. The van der Waals surface area contributed by atoms with Crippen molar-refractivity contribution in [3.8, 4) is 11.1 Å². The highest BCUT2D eigenvalue weighted by molar-refractivity contribution is 5.86. The molecule has 0 bridgehead atoms. The van der Waals surface area contributed by atoms with E-state index in [0.29, 0.717) is 5.56 Å². The number of hydrogen-bond acceptors (Lipinski definition) is 5. The second-order valence-electron chi connectivity index (χ2n) is 10.7. The van der Waals surface area contributed by atoms with Crippen LogP contribution in [-0.2, 0) is 20.8 Å². The average Bonchev–Trinajstić information content (AvgIpc) is 3.20. The van der Waals surface area contributed by atoms with Gasteiger partial charge in [-0.05, 0) is 73.2 Å². The zero-order chi connectivity index (χ0) is 28.9. The van der Waals surface area contributed by atoms with Crippen LogP contribution in [0.1, 0.15) is 56.2 Å². The van der Waals surface area contributed by atoms with Crippen LogP contribution >= 0.6 is 0 Å². The summed E-state index contributed by atoms with van der Waals surface area (Å²) < 4.78 is 25.3. The Hall–Kier alpha value is -4.40. The lowest BCUT2D eigenvalue weighted by Gasteiger charge is -2.25. The Morgan fingerprint density at radius 3 is 2.20 bits per heavy atom. The van der Waals surface area contributed by atoms with Crippen molar-refractivity contribution in [1.82, 2.24) is 4.90 Å². The molecule has 0 radical (unpaired) electrons. The highest BCUT2D eigenvalue weighted by Crippen LogP contribution is 2.44. The molecule has 2 N–H and O–H groups in total. The molecule has 8 nitrogen and oxygen atoms in total. The number of anilines is 1. The van der Waals surface area contributed by atoms with E-state index in [1.807, 2.05) is 48.5 Å². The number of aliphatic carboxylic acids is 1. The van der Waals surface area contributed by atoms with E-state index in [-0.39, 0.29) is 44.1 Å². The minimum Gasteiger partial charge on any atom is -0.481 e. The summed E-state index contributed by atoms with van der Waals surface area (Å²) in [6.45, 7) is 5.19. The van der Waals surface area contributed by atoms with Gasteiger partial charge in [0.15, 0.2) is 0 Å². The first-order valence-corrected chi connectivity index (χ1v) is 13.1. The monoisotopic (exact) mass is 548 g/mol. The van der Waals surface area contributed by atoms with Crippen LogP contribution in [0.25, 0.3) is 11.1 Å². The van der Waals surface area contributed by atoms with Crippen molar-refractivity contribution in [2.75, 3.05) is 18.5 Å². The van der Waals surface area contributed by atoms with E-state index in [9.17, 15) is 18.8 Å². The van der Waals surface area contributed by atoms with Crippen LogP contribution in [0.5, 0.6) is 0 Å². The van der Waals surface area contributed by atoms with E-state index in [0.717, 1.165) is 22.3 Å². The first-order chi connectivity index (χ1) is 19.0. The lowest BCUT2D eigenvalue weighted by atomic mass is 9.98. The summed E-state index contributed by atoms with van der Waals surface area (Å²) in [5.74, 6) is -1.70. The predicted molar refractivity (Wildman–Crippen MR) is 149 cm³/mol. The summed E-state index contributed by atoms with van der Waals surface area (Å²) in [5, 5.41) is 11.7. The molecule has 0 aliphatic heterocycles. The molecule has 0 unspecified atom stereocenters. The fourth-order valence-corrected chi connectivity index (χ4v) is 4.78. The fourth-order valence-electron chi connectivity index (χ4n) is 4.78. The van der Waals surface area contributed by atoms with Crippen molar-refractivity contribution in [1.29, 1.82) is 0 Å². The molecule has 3 aromatic rings. The van der Waals surface area contributed by atoms with Gasteiger partial charge in [-0.2, -0.15) is 0 Å². The van der Waals surface area contributed by atoms with Crippen LogP contribution in [0.3, 0.4) is 0 Å². The summed E-state index contributed by atoms with van der Waals surface area (Å²) in [6, 6.07) is 19.7. The Labute approximate surface area is 232 Å². The van der Waals surface area contributed by atoms with E-state index in [1.54, 1.807) is 20.8 Å². The Kier molecular flexibility index (Phi) is 8.72. The number of nitrogens with one attached hydrogen (secondary N) is 1. The van der Waals surface area contributed by atoms with Crippen LogP contribution in [0.15, 0.2) is 66.7 Å². The largest absolute Gasteiger partial charge is 0.481 e. The van der Waals surface area contributed by atoms with Gasteiger partial charge in [-0.25, -0.2) is 14.0 Å². The molecule has 0 aromatic heterocycles. The normalized spacial score (nSPS) is 12.3. The molecular formula is C31H33FN2O6. The molecule has 9 heteroatoms. The van der Waals surface area contributed by atoms with Gasteiger partial charge in [0.25, 0.3) is 0 Å². The molecule has 0 saturated carbocycles. The molecule has 1 aliphatic rings. The van der Waals surface area contributed by atoms with Crippen molar-refractivity contribution >= 4 is 23.8 Å². The van der Waals surface area contributed by atoms with Crippen LogP contribution in [-0.4, -0.2) is 46.9 Å². The predicted octanol–water partition coefficient (Wildman–Crippen LogP) is 6.79. The fraction of sp³-hybridized carbons (Fsp3) is 0.323. The maximum Gasteiger partial charge on any atom is 0.412 e. The number of nitrogens with zero attached hydrogens (tertiary/aromatic N) is 1. The van der Waals surface area contributed by atoms with Crippen LogP contribution < -0.4 is 5.32 Å². The van der Waals surface area contributed by atoms with Gasteiger partial charge in [0.2, 0.25) is 0 Å². The summed E-state index contributed by atoms with van der Waals surface area (Å²) >= 11 is 0. The number of carbonyl (C=O) groups is 3. The van der Waals surface area contributed by atoms with Gasteiger partial charge in [-0.15, -0.1) is 0 Å². The average molecular weight is 549 g/mol. The number of carbonyl (C=O) groups excluding carboxylic acids is 2. The molecule has 4 rings (SSSR count). The Morgan fingerprint density at radius 1 is 0.975 bits per heavy atom. The number of halogens is 1. The van der Waals surface area contributed by atoms with Gasteiger partial charge < -0.3 is 19.5 Å². The molecule has 2 amide bonds. The number of hydrogen-bond donors (Lipinski definition) is 2. The SMILES string of the molecule is CC(C)(C)OC(=O)Nc1ccc(F)cc1CN(CCCC(=O)O)C(=O)OCC1c2ccccc2-c2ccccc21. The van der Waals surface area contributed by atoms with E-state index >= 15 is 0 Å². The Morgan fingerprint density at radius 2 is 1.60 bits per heavy atom. The topological polar surface area (TPSA) is 105 Å². The molecule has 0 saturated heterocycles. The van der Waals surface area contributed by atoms with Gasteiger partial charge in [0.05, 0.1) is 6.54 Å². The van der Waals surface area contributed by atoms with E-state index < -0.39 is 29.6 Å². The highest BCUT2D eigenvalue weighted by Gasteiger charge is 2.30. The second kappa shape index (κ2) is 12.2. The van der Waals surface area contributed by atoms with Gasteiger partial charge in [0, 0.05) is 24.6 Å². The summed E-state index contributed by atoms with van der Waals surface area (Å²) in [6.07, 6.45) is -1.37. The van der Waals surface area contributed by atoms with E-state index in [1.165, 1.54) is 23.1 Å². The number of carboxylic acids is 1. The maximum absolute atomic E-state index is 14.2. The molecule has 0 spiro atoms. The number of rotatable bonds is 9. The van der Waals surface area contributed by atoms with Crippen LogP contribution in [0.2, 0.25) is 0 Å². The van der Waals surface area contributed by atoms with Crippen molar-refractivity contribution in [3.63, 3.8) is 0 Å². The van der Waals surface area contributed by atoms with Gasteiger partial charge >= 0.3 is 18.2 Å². The van der Waals surface area contributed by atoms with Crippen LogP contribution in [0.4, 0.5) is 19.7 Å². The van der Waals surface area contributed by atoms with Crippen molar-refractivity contribution in [2.45, 2.75) is 51.7 Å². The standard InChI is InChI=1S/C31H33FN2O6/c1-31(2,3)40-29(37)33-27-15-14-21(32)17-20(27)18-34(16-8-13-28(35)36)30(38)39-19-26-24-11-6-4-9-22(24)23-10-5-7-12-25(23)26/h4-7,9-12,14-15,17,26H,8,13,16,18-19H2,1-3H3,(H,33,37)(H,35,36). The first-order valence-electron chi connectivity index (χ1n) is 13.1. The number of fused-ring (bicyclic) bond motifs is 3. The quantitative estimate of drug-likeness (QED) is 0.305. The number of benzene rings is 3. The van der Waals surface area contributed by atoms with Crippen molar-refractivity contribution in [3.05, 3.63) is 89.2 Å². The summed E-state index contributed by atoms with van der Waals surface area (Å²) in [5.41, 5.74) is 4.14. The smallest absolute Gasteiger partial charge is 0.412 e.